The predicted molar refractivity (Wildman–Crippen MR) is 106 cm³/mol. The number of hydrogen-bond donors (Lipinski definition) is 2. The number of alkyl halides is 1. The fourth-order valence-corrected chi connectivity index (χ4v) is 3.18. The Morgan fingerprint density at radius 1 is 0.923 bits per heavy atom. The lowest BCUT2D eigenvalue weighted by Gasteiger charge is -2.32. The first-order valence-corrected chi connectivity index (χ1v) is 8.96. The second-order valence-electron chi connectivity index (χ2n) is 5.81. The van der Waals surface area contributed by atoms with Crippen molar-refractivity contribution in [2.24, 2.45) is 0 Å². The van der Waals surface area contributed by atoms with Crippen LogP contribution < -0.4 is 5.32 Å². The van der Waals surface area contributed by atoms with Gasteiger partial charge in [0.1, 0.15) is 11.5 Å². The predicted octanol–water partition coefficient (Wildman–Crippen LogP) is 4.80. The Kier molecular flexibility index (Phi) is 5.62. The number of carbonyl (C=O) groups excluding carboxylic acids is 1. The van der Waals surface area contributed by atoms with Crippen molar-refractivity contribution in [3.63, 3.8) is 0 Å². The summed E-state index contributed by atoms with van der Waals surface area (Å²) in [6, 6.07) is 23.5. The minimum atomic E-state index is -1.50. The maximum Gasteiger partial charge on any atom is 0.239 e. The van der Waals surface area contributed by atoms with E-state index in [-0.39, 0.29) is 11.8 Å². The van der Waals surface area contributed by atoms with Gasteiger partial charge in [0.25, 0.3) is 0 Å². The van der Waals surface area contributed by atoms with Gasteiger partial charge < -0.3 is 10.4 Å². The molecule has 3 nitrogen and oxygen atoms in total. The summed E-state index contributed by atoms with van der Waals surface area (Å²) in [7, 11) is 0. The van der Waals surface area contributed by atoms with E-state index in [0.717, 1.165) is 0 Å². The number of anilines is 1. The maximum atomic E-state index is 11.9. The highest BCUT2D eigenvalue weighted by atomic mass is 35.5. The molecular weight excluding hydrogens is 369 g/mol. The summed E-state index contributed by atoms with van der Waals surface area (Å²) in [5.41, 5.74) is 0.753. The van der Waals surface area contributed by atoms with Gasteiger partial charge >= 0.3 is 0 Å². The molecule has 0 unspecified atom stereocenters. The molecule has 0 spiro atoms. The molecule has 132 valence electrons. The second-order valence-corrected chi connectivity index (χ2v) is 6.52. The van der Waals surface area contributed by atoms with E-state index in [2.05, 4.69) is 5.32 Å². The summed E-state index contributed by atoms with van der Waals surface area (Å²) in [5, 5.41) is 15.1. The first-order chi connectivity index (χ1) is 12.6. The molecule has 0 aliphatic rings. The van der Waals surface area contributed by atoms with E-state index in [1.807, 2.05) is 60.7 Å². The van der Waals surface area contributed by atoms with Crippen LogP contribution in [0.5, 0.6) is 0 Å². The van der Waals surface area contributed by atoms with Crippen molar-refractivity contribution in [2.75, 3.05) is 11.2 Å². The monoisotopic (exact) mass is 385 g/mol. The highest BCUT2D eigenvalue weighted by Crippen LogP contribution is 2.41. The molecule has 3 rings (SSSR count). The van der Waals surface area contributed by atoms with Crippen molar-refractivity contribution in [1.82, 2.24) is 0 Å². The van der Waals surface area contributed by atoms with Gasteiger partial charge in [-0.2, -0.15) is 0 Å². The lowest BCUT2D eigenvalue weighted by atomic mass is 9.79. The van der Waals surface area contributed by atoms with Gasteiger partial charge in [-0.15, -0.1) is 11.6 Å². The number of amides is 1. The topological polar surface area (TPSA) is 49.3 Å². The summed E-state index contributed by atoms with van der Waals surface area (Å²) in [6.45, 7) is 0. The van der Waals surface area contributed by atoms with Crippen LogP contribution in [0.3, 0.4) is 0 Å². The Morgan fingerprint density at radius 2 is 1.46 bits per heavy atom. The van der Waals surface area contributed by atoms with Crippen LogP contribution >= 0.6 is 23.2 Å². The lowest BCUT2D eigenvalue weighted by Crippen LogP contribution is -2.30. The van der Waals surface area contributed by atoms with Crippen molar-refractivity contribution in [1.29, 1.82) is 0 Å². The van der Waals surface area contributed by atoms with E-state index in [4.69, 9.17) is 23.2 Å². The number of aliphatic hydroxyl groups is 1. The first kappa shape index (κ1) is 18.5. The molecule has 0 bridgehead atoms. The molecular formula is C21H17Cl2NO2. The van der Waals surface area contributed by atoms with E-state index < -0.39 is 5.60 Å². The Bertz CT molecular complexity index is 859. The van der Waals surface area contributed by atoms with E-state index in [1.165, 1.54) is 0 Å². The highest BCUT2D eigenvalue weighted by molar-refractivity contribution is 6.31. The Labute approximate surface area is 162 Å². The van der Waals surface area contributed by atoms with Crippen molar-refractivity contribution < 1.29 is 9.90 Å². The summed E-state index contributed by atoms with van der Waals surface area (Å²) in [5.74, 6) is -0.546. The molecule has 1 amide bonds. The third kappa shape index (κ3) is 3.61. The number of benzene rings is 3. The second kappa shape index (κ2) is 7.92. The van der Waals surface area contributed by atoms with Crippen LogP contribution in [0.15, 0.2) is 78.9 Å². The largest absolute Gasteiger partial charge is 0.376 e. The number of nitrogens with one attached hydrogen (secondary N) is 1. The number of carbonyl (C=O) groups is 1. The number of halogens is 2. The van der Waals surface area contributed by atoms with Gasteiger partial charge in [0.15, 0.2) is 0 Å². The molecule has 0 atom stereocenters. The molecule has 0 saturated carbocycles. The van der Waals surface area contributed by atoms with Gasteiger partial charge in [0.2, 0.25) is 5.91 Å². The molecule has 0 saturated heterocycles. The molecule has 26 heavy (non-hydrogen) atoms. The standard InChI is InChI=1S/C21H17Cl2NO2/c22-14-20(25)24-19-12-11-17(23)13-18(19)21(26,15-7-3-1-4-8-15)16-9-5-2-6-10-16/h1-13,26H,14H2,(H,24,25). The van der Waals surface area contributed by atoms with Crippen LogP contribution in [0.2, 0.25) is 5.02 Å². The zero-order valence-electron chi connectivity index (χ0n) is 13.8. The van der Waals surface area contributed by atoms with Crippen LogP contribution in [-0.4, -0.2) is 16.9 Å². The van der Waals surface area contributed by atoms with Crippen LogP contribution in [0.25, 0.3) is 0 Å². The van der Waals surface area contributed by atoms with Crippen molar-refractivity contribution >= 4 is 34.8 Å². The lowest BCUT2D eigenvalue weighted by molar-refractivity contribution is -0.113. The molecule has 0 aliphatic carbocycles. The number of hydrogen-bond acceptors (Lipinski definition) is 2. The Balaban J connectivity index is 2.27. The van der Waals surface area contributed by atoms with Gasteiger partial charge in [-0.3, -0.25) is 4.79 Å². The van der Waals surface area contributed by atoms with Gasteiger partial charge in [-0.1, -0.05) is 72.3 Å². The quantitative estimate of drug-likeness (QED) is 0.489. The highest BCUT2D eigenvalue weighted by Gasteiger charge is 2.36. The van der Waals surface area contributed by atoms with Crippen LogP contribution in [0.1, 0.15) is 16.7 Å². The van der Waals surface area contributed by atoms with Crippen LogP contribution in [0.4, 0.5) is 5.69 Å². The maximum absolute atomic E-state index is 11.9. The fraction of sp³-hybridized carbons (Fsp3) is 0.0952. The average molecular weight is 386 g/mol. The van der Waals surface area contributed by atoms with Gasteiger partial charge in [-0.05, 0) is 29.3 Å². The fourth-order valence-electron chi connectivity index (χ4n) is 2.94. The summed E-state index contributed by atoms with van der Waals surface area (Å²) >= 11 is 11.9. The minimum Gasteiger partial charge on any atom is -0.376 e. The summed E-state index contributed by atoms with van der Waals surface area (Å²) in [6.07, 6.45) is 0. The molecule has 5 heteroatoms. The molecule has 3 aromatic rings. The number of rotatable bonds is 5. The SMILES string of the molecule is O=C(CCl)Nc1ccc(Cl)cc1C(O)(c1ccccc1)c1ccccc1. The molecule has 0 aliphatic heterocycles. The normalized spacial score (nSPS) is 11.2. The molecule has 0 heterocycles. The Morgan fingerprint density at radius 3 is 1.96 bits per heavy atom. The molecule has 0 aromatic heterocycles. The third-order valence-corrected chi connectivity index (χ3v) is 4.63. The van der Waals surface area contributed by atoms with Crippen molar-refractivity contribution in [3.8, 4) is 0 Å². The van der Waals surface area contributed by atoms with E-state index >= 15 is 0 Å². The van der Waals surface area contributed by atoms with Crippen molar-refractivity contribution in [2.45, 2.75) is 5.60 Å². The average Bonchev–Trinajstić information content (AvgIpc) is 2.70. The van der Waals surface area contributed by atoms with E-state index in [0.29, 0.717) is 27.4 Å². The van der Waals surface area contributed by atoms with Gasteiger partial charge in [0, 0.05) is 16.3 Å². The smallest absolute Gasteiger partial charge is 0.239 e. The van der Waals surface area contributed by atoms with Crippen LogP contribution in [0, 0.1) is 0 Å². The molecule has 2 N–H and O–H groups in total. The summed E-state index contributed by atoms with van der Waals surface area (Å²) < 4.78 is 0. The zero-order chi connectivity index (χ0) is 18.6. The van der Waals surface area contributed by atoms with E-state index in [9.17, 15) is 9.90 Å². The van der Waals surface area contributed by atoms with Crippen molar-refractivity contribution in [3.05, 3.63) is 101 Å². The van der Waals surface area contributed by atoms with Gasteiger partial charge in [-0.25, -0.2) is 0 Å². The third-order valence-electron chi connectivity index (χ3n) is 4.15. The van der Waals surface area contributed by atoms with Gasteiger partial charge in [0.05, 0.1) is 0 Å². The molecule has 3 aromatic carbocycles. The molecule has 0 radical (unpaired) electrons. The summed E-state index contributed by atoms with van der Waals surface area (Å²) in [4.78, 5) is 11.9. The molecule has 0 fully saturated rings. The van der Waals surface area contributed by atoms with E-state index in [1.54, 1.807) is 18.2 Å². The van der Waals surface area contributed by atoms with Crippen LogP contribution in [-0.2, 0) is 10.4 Å². The Hall–Kier alpha value is -2.33. The zero-order valence-corrected chi connectivity index (χ0v) is 15.3. The minimum absolute atomic E-state index is 0.183. The first-order valence-electron chi connectivity index (χ1n) is 8.05.